The second-order valence-electron chi connectivity index (χ2n) is 6.90. The Hall–Kier alpha value is -1.21. The van der Waals surface area contributed by atoms with Gasteiger partial charge in [0, 0.05) is 0 Å². The van der Waals surface area contributed by atoms with Crippen molar-refractivity contribution in [3.63, 3.8) is 0 Å². The third-order valence-corrected chi connectivity index (χ3v) is 4.17. The SMILES string of the molecule is CCCC1CCC(c2cc(F)c(C(F)(F)OC(C)(C)F)c(F)c2)OC1. The van der Waals surface area contributed by atoms with Crippen LogP contribution in [0.15, 0.2) is 12.1 Å². The molecule has 25 heavy (non-hydrogen) atoms. The van der Waals surface area contributed by atoms with Crippen molar-refractivity contribution in [1.29, 1.82) is 0 Å². The van der Waals surface area contributed by atoms with E-state index in [1.165, 1.54) is 0 Å². The van der Waals surface area contributed by atoms with Gasteiger partial charge in [0.25, 0.3) is 0 Å². The van der Waals surface area contributed by atoms with Gasteiger partial charge in [-0.05, 0) is 56.7 Å². The molecule has 142 valence electrons. The van der Waals surface area contributed by atoms with Gasteiger partial charge in [-0.15, -0.1) is 0 Å². The van der Waals surface area contributed by atoms with Crippen LogP contribution in [0.2, 0.25) is 0 Å². The van der Waals surface area contributed by atoms with Gasteiger partial charge in [-0.1, -0.05) is 13.3 Å². The summed E-state index contributed by atoms with van der Waals surface area (Å²) in [5, 5.41) is 0. The van der Waals surface area contributed by atoms with Gasteiger partial charge in [-0.25, -0.2) is 13.2 Å². The van der Waals surface area contributed by atoms with Crippen molar-refractivity contribution in [2.75, 3.05) is 6.61 Å². The van der Waals surface area contributed by atoms with E-state index in [0.717, 1.165) is 45.2 Å². The molecule has 0 bridgehead atoms. The number of rotatable bonds is 6. The fraction of sp³-hybridized carbons (Fsp3) is 0.667. The fourth-order valence-corrected chi connectivity index (χ4v) is 3.12. The van der Waals surface area contributed by atoms with Gasteiger partial charge < -0.3 is 4.74 Å². The highest BCUT2D eigenvalue weighted by atomic mass is 19.3. The summed E-state index contributed by atoms with van der Waals surface area (Å²) in [6.45, 7) is 4.00. The lowest BCUT2D eigenvalue weighted by molar-refractivity contribution is -0.331. The summed E-state index contributed by atoms with van der Waals surface area (Å²) in [5.41, 5.74) is -1.44. The molecule has 1 heterocycles. The van der Waals surface area contributed by atoms with Crippen LogP contribution in [-0.4, -0.2) is 12.5 Å². The van der Waals surface area contributed by atoms with E-state index >= 15 is 0 Å². The quantitative estimate of drug-likeness (QED) is 0.575. The van der Waals surface area contributed by atoms with Crippen LogP contribution in [0, 0.1) is 17.6 Å². The van der Waals surface area contributed by atoms with Crippen LogP contribution in [0.25, 0.3) is 0 Å². The van der Waals surface area contributed by atoms with E-state index in [4.69, 9.17) is 4.74 Å². The minimum Gasteiger partial charge on any atom is -0.373 e. The highest BCUT2D eigenvalue weighted by Gasteiger charge is 2.44. The summed E-state index contributed by atoms with van der Waals surface area (Å²) in [7, 11) is 0. The number of hydrogen-bond acceptors (Lipinski definition) is 2. The van der Waals surface area contributed by atoms with Crippen molar-refractivity contribution in [3.05, 3.63) is 34.9 Å². The van der Waals surface area contributed by atoms with Gasteiger partial charge in [-0.3, -0.25) is 4.74 Å². The van der Waals surface area contributed by atoms with Crippen molar-refractivity contribution in [2.45, 2.75) is 64.5 Å². The summed E-state index contributed by atoms with van der Waals surface area (Å²) in [5.74, 6) is -5.31. The molecule has 0 aliphatic carbocycles. The van der Waals surface area contributed by atoms with Crippen molar-refractivity contribution in [3.8, 4) is 0 Å². The standard InChI is InChI=1S/C18H23F5O2/c1-4-5-11-6-7-15(24-10-11)12-8-13(19)16(14(20)9-12)18(22,23)25-17(2,3)21/h8-9,11,15H,4-7,10H2,1-3H3. The van der Waals surface area contributed by atoms with Crippen LogP contribution in [0.5, 0.6) is 0 Å². The Morgan fingerprint density at radius 3 is 2.16 bits per heavy atom. The van der Waals surface area contributed by atoms with Crippen LogP contribution in [0.1, 0.15) is 63.7 Å². The van der Waals surface area contributed by atoms with Gasteiger partial charge >= 0.3 is 6.11 Å². The molecule has 0 amide bonds. The average Bonchev–Trinajstić information content (AvgIpc) is 2.44. The highest BCUT2D eigenvalue weighted by molar-refractivity contribution is 5.30. The largest absolute Gasteiger partial charge is 0.391 e. The molecule has 1 aliphatic heterocycles. The van der Waals surface area contributed by atoms with Crippen LogP contribution in [-0.2, 0) is 15.6 Å². The predicted octanol–water partition coefficient (Wildman–Crippen LogP) is 6.00. The Morgan fingerprint density at radius 2 is 1.72 bits per heavy atom. The van der Waals surface area contributed by atoms with E-state index in [0.29, 0.717) is 18.9 Å². The zero-order valence-corrected chi connectivity index (χ0v) is 14.6. The van der Waals surface area contributed by atoms with Gasteiger partial charge in [0.1, 0.15) is 17.2 Å². The first-order valence-electron chi connectivity index (χ1n) is 8.41. The first-order chi connectivity index (χ1) is 11.5. The molecule has 0 N–H and O–H groups in total. The van der Waals surface area contributed by atoms with Crippen molar-refractivity contribution in [2.24, 2.45) is 5.92 Å². The smallest absolute Gasteiger partial charge is 0.373 e. The Morgan fingerprint density at radius 1 is 1.12 bits per heavy atom. The molecule has 1 fully saturated rings. The van der Waals surface area contributed by atoms with E-state index in [1.54, 1.807) is 0 Å². The topological polar surface area (TPSA) is 18.5 Å². The van der Waals surface area contributed by atoms with E-state index < -0.39 is 35.3 Å². The number of hydrogen-bond donors (Lipinski definition) is 0. The molecule has 1 aromatic rings. The van der Waals surface area contributed by atoms with Crippen LogP contribution in [0.4, 0.5) is 22.0 Å². The highest BCUT2D eigenvalue weighted by Crippen LogP contribution is 2.40. The molecular weight excluding hydrogens is 343 g/mol. The summed E-state index contributed by atoms with van der Waals surface area (Å²) >= 11 is 0. The number of ether oxygens (including phenoxy) is 2. The van der Waals surface area contributed by atoms with Gasteiger partial charge in [0.2, 0.25) is 5.85 Å². The number of benzene rings is 1. The minimum atomic E-state index is -4.43. The molecule has 0 radical (unpaired) electrons. The van der Waals surface area contributed by atoms with Gasteiger partial charge in [0.15, 0.2) is 0 Å². The van der Waals surface area contributed by atoms with Crippen LogP contribution in [0.3, 0.4) is 0 Å². The zero-order valence-electron chi connectivity index (χ0n) is 14.6. The normalized spacial score (nSPS) is 22.2. The fourth-order valence-electron chi connectivity index (χ4n) is 3.12. The van der Waals surface area contributed by atoms with E-state index in [-0.39, 0.29) is 5.56 Å². The summed E-state index contributed by atoms with van der Waals surface area (Å²) in [4.78, 5) is 0. The van der Waals surface area contributed by atoms with Crippen LogP contribution >= 0.6 is 0 Å². The summed E-state index contributed by atoms with van der Waals surface area (Å²) < 4.78 is 79.0. The molecule has 2 rings (SSSR count). The molecule has 0 spiro atoms. The maximum absolute atomic E-state index is 14.2. The van der Waals surface area contributed by atoms with E-state index in [9.17, 15) is 22.0 Å². The summed E-state index contributed by atoms with van der Waals surface area (Å²) in [6.07, 6.45) is -1.53. The lowest BCUT2D eigenvalue weighted by atomic mass is 9.91. The third-order valence-electron chi connectivity index (χ3n) is 4.17. The van der Waals surface area contributed by atoms with Gasteiger partial charge in [-0.2, -0.15) is 8.78 Å². The average molecular weight is 366 g/mol. The maximum Gasteiger partial charge on any atom is 0.391 e. The molecule has 2 nitrogen and oxygen atoms in total. The molecular formula is C18H23F5O2. The first-order valence-corrected chi connectivity index (χ1v) is 8.41. The van der Waals surface area contributed by atoms with Crippen LogP contribution < -0.4 is 0 Å². The van der Waals surface area contributed by atoms with E-state index in [2.05, 4.69) is 11.7 Å². The lowest BCUT2D eigenvalue weighted by Crippen LogP contribution is -2.31. The lowest BCUT2D eigenvalue weighted by Gasteiger charge is -2.30. The molecule has 0 saturated carbocycles. The van der Waals surface area contributed by atoms with Gasteiger partial charge in [0.05, 0.1) is 12.7 Å². The molecule has 1 saturated heterocycles. The maximum atomic E-state index is 14.2. The van der Waals surface area contributed by atoms with Crippen molar-refractivity contribution < 1.29 is 31.4 Å². The number of halogens is 5. The molecule has 2 atom stereocenters. The van der Waals surface area contributed by atoms with Crippen molar-refractivity contribution in [1.82, 2.24) is 0 Å². The second kappa shape index (κ2) is 7.58. The molecule has 7 heteroatoms. The Balaban J connectivity index is 2.20. The monoisotopic (exact) mass is 366 g/mol. The molecule has 1 aromatic carbocycles. The molecule has 2 unspecified atom stereocenters. The summed E-state index contributed by atoms with van der Waals surface area (Å²) in [6, 6.07) is 1.62. The van der Waals surface area contributed by atoms with E-state index in [1.807, 2.05) is 0 Å². The Labute approximate surface area is 144 Å². The predicted molar refractivity (Wildman–Crippen MR) is 82.8 cm³/mol. The minimum absolute atomic E-state index is 0.156. The Bertz CT molecular complexity index is 567. The molecule has 1 aliphatic rings. The van der Waals surface area contributed by atoms with Crippen molar-refractivity contribution >= 4 is 0 Å². The number of alkyl halides is 3. The Kier molecular flexibility index (Phi) is 6.09. The zero-order chi connectivity index (χ0) is 18.8. The molecule has 0 aromatic heterocycles. The third kappa shape index (κ3) is 5.14. The first kappa shape index (κ1) is 20.1. The second-order valence-corrected chi connectivity index (χ2v) is 6.90.